The van der Waals surface area contributed by atoms with Crippen LogP contribution in [0, 0.1) is 12.3 Å². The van der Waals surface area contributed by atoms with E-state index in [1.165, 1.54) is 24.6 Å². The first kappa shape index (κ1) is 19.8. The number of hydrogen-bond donors (Lipinski definition) is 2. The number of nitrogens with zero attached hydrogens (tertiary/aromatic N) is 6. The number of rotatable bonds is 3. The summed E-state index contributed by atoms with van der Waals surface area (Å²) in [6, 6.07) is 2.18. The summed E-state index contributed by atoms with van der Waals surface area (Å²) in [7, 11) is 0. The first-order valence-corrected chi connectivity index (χ1v) is 11.5. The maximum Gasteiger partial charge on any atom is 0.228 e. The Hall–Kier alpha value is -2.10. The quantitative estimate of drug-likeness (QED) is 0.632. The van der Waals surface area contributed by atoms with Gasteiger partial charge >= 0.3 is 0 Å². The zero-order chi connectivity index (χ0) is 20.9. The molecule has 5 rings (SSSR count). The summed E-state index contributed by atoms with van der Waals surface area (Å²) in [6.45, 7) is 3.87. The maximum absolute atomic E-state index is 6.45. The highest BCUT2D eigenvalue weighted by Gasteiger charge is 2.43. The van der Waals surface area contributed by atoms with E-state index in [1.54, 1.807) is 12.5 Å². The van der Waals surface area contributed by atoms with Gasteiger partial charge in [0.15, 0.2) is 5.65 Å². The molecule has 0 radical (unpaired) electrons. The lowest BCUT2D eigenvalue weighted by molar-refractivity contribution is 0.196. The second-order valence-corrected chi connectivity index (χ2v) is 9.71. The molecule has 10 heteroatoms. The summed E-state index contributed by atoms with van der Waals surface area (Å²) >= 11 is 7.84. The fourth-order valence-corrected chi connectivity index (χ4v) is 6.04. The van der Waals surface area contributed by atoms with Crippen LogP contribution in [-0.2, 0) is 0 Å². The molecule has 1 spiro atoms. The van der Waals surface area contributed by atoms with Gasteiger partial charge in [-0.1, -0.05) is 29.8 Å². The summed E-state index contributed by atoms with van der Waals surface area (Å²) in [5.41, 5.74) is 14.3. The van der Waals surface area contributed by atoms with Crippen LogP contribution in [0.2, 0.25) is 5.02 Å². The molecule has 0 bridgehead atoms. The highest BCUT2D eigenvalue weighted by molar-refractivity contribution is 7.99. The molecule has 0 aromatic carbocycles. The number of anilines is 2. The highest BCUT2D eigenvalue weighted by atomic mass is 35.5. The number of nitrogens with two attached hydrogens (primary N) is 2. The fourth-order valence-electron chi connectivity index (χ4n) is 4.85. The predicted molar refractivity (Wildman–Crippen MR) is 119 cm³/mol. The van der Waals surface area contributed by atoms with Crippen LogP contribution in [0.1, 0.15) is 37.8 Å². The van der Waals surface area contributed by atoms with Gasteiger partial charge in [-0.05, 0) is 44.1 Å². The summed E-state index contributed by atoms with van der Waals surface area (Å²) in [4.78, 5) is 17.5. The van der Waals surface area contributed by atoms with Crippen molar-refractivity contribution in [3.63, 3.8) is 0 Å². The van der Waals surface area contributed by atoms with Crippen molar-refractivity contribution in [1.29, 1.82) is 0 Å². The molecule has 2 fully saturated rings. The number of aryl methyl sites for hydroxylation is 1. The van der Waals surface area contributed by atoms with E-state index in [0.717, 1.165) is 59.4 Å². The second kappa shape index (κ2) is 7.55. The minimum atomic E-state index is 0.306. The second-order valence-electron chi connectivity index (χ2n) is 8.28. The first-order chi connectivity index (χ1) is 14.5. The maximum atomic E-state index is 6.45. The third kappa shape index (κ3) is 3.19. The summed E-state index contributed by atoms with van der Waals surface area (Å²) in [6.07, 6.45) is 9.09. The largest absolute Gasteiger partial charge is 0.382 e. The Bertz CT molecular complexity index is 1090. The first-order valence-electron chi connectivity index (χ1n) is 10.3. The Morgan fingerprint density at radius 1 is 1.23 bits per heavy atom. The van der Waals surface area contributed by atoms with Crippen LogP contribution in [0.4, 0.5) is 11.8 Å². The molecule has 1 aliphatic heterocycles. The zero-order valence-corrected chi connectivity index (χ0v) is 18.5. The Morgan fingerprint density at radius 3 is 2.77 bits per heavy atom. The van der Waals surface area contributed by atoms with Crippen LogP contribution in [-0.4, -0.2) is 43.7 Å². The van der Waals surface area contributed by atoms with E-state index < -0.39 is 0 Å². The van der Waals surface area contributed by atoms with Crippen LogP contribution >= 0.6 is 23.4 Å². The van der Waals surface area contributed by atoms with E-state index in [2.05, 4.69) is 20.0 Å². The van der Waals surface area contributed by atoms with Gasteiger partial charge in [-0.3, -0.25) is 0 Å². The Balaban J connectivity index is 1.47. The van der Waals surface area contributed by atoms with Gasteiger partial charge in [0, 0.05) is 30.2 Å². The molecular formula is C20H25ClN8S. The van der Waals surface area contributed by atoms with Crippen molar-refractivity contribution >= 4 is 40.8 Å². The van der Waals surface area contributed by atoms with Crippen LogP contribution in [0.25, 0.3) is 5.65 Å². The average Bonchev–Trinajstić information content (AvgIpc) is 3.36. The van der Waals surface area contributed by atoms with Crippen LogP contribution in [0.3, 0.4) is 0 Å². The molecule has 1 aliphatic carbocycles. The molecule has 3 aromatic heterocycles. The molecule has 30 heavy (non-hydrogen) atoms. The molecule has 1 atom stereocenters. The van der Waals surface area contributed by atoms with Gasteiger partial charge in [0.2, 0.25) is 5.95 Å². The monoisotopic (exact) mass is 444 g/mol. The zero-order valence-electron chi connectivity index (χ0n) is 16.9. The van der Waals surface area contributed by atoms with Crippen LogP contribution < -0.4 is 16.4 Å². The lowest BCUT2D eigenvalue weighted by atomic mass is 9.74. The topological polar surface area (TPSA) is 111 Å². The number of fused-ring (bicyclic) bond motifs is 1. The molecular weight excluding hydrogens is 420 g/mol. The third-order valence-electron chi connectivity index (χ3n) is 6.65. The third-order valence-corrected chi connectivity index (χ3v) is 8.40. The smallest absolute Gasteiger partial charge is 0.228 e. The SMILES string of the molecule is Cc1nc(N2CCC3(CCCC3N)CC2)n2ncnc2c1Sc1ccnc(N)c1Cl. The van der Waals surface area contributed by atoms with Gasteiger partial charge in [0.05, 0.1) is 15.6 Å². The molecule has 1 saturated heterocycles. The van der Waals surface area contributed by atoms with E-state index in [4.69, 9.17) is 28.1 Å². The molecule has 158 valence electrons. The Morgan fingerprint density at radius 2 is 2.03 bits per heavy atom. The molecule has 0 amide bonds. The Kier molecular flexibility index (Phi) is 4.99. The number of pyridine rings is 1. The lowest BCUT2D eigenvalue weighted by Crippen LogP contribution is -2.47. The minimum Gasteiger partial charge on any atom is -0.382 e. The number of hydrogen-bond acceptors (Lipinski definition) is 8. The van der Waals surface area contributed by atoms with Gasteiger partial charge in [-0.15, -0.1) is 0 Å². The fraction of sp³-hybridized carbons (Fsp3) is 0.500. The molecule has 2 aliphatic rings. The minimum absolute atomic E-state index is 0.306. The van der Waals surface area contributed by atoms with Gasteiger partial charge in [0.25, 0.3) is 0 Å². The lowest BCUT2D eigenvalue weighted by Gasteiger charge is -2.42. The van der Waals surface area contributed by atoms with Crippen molar-refractivity contribution in [2.24, 2.45) is 11.1 Å². The summed E-state index contributed by atoms with van der Waals surface area (Å²) in [5.74, 6) is 1.15. The molecule has 3 aromatic rings. The van der Waals surface area contributed by atoms with Gasteiger partial charge in [-0.25, -0.2) is 15.0 Å². The van der Waals surface area contributed by atoms with E-state index in [0.29, 0.717) is 22.3 Å². The normalized spacial score (nSPS) is 21.0. The standard InChI is InChI=1S/C20H25ClN8S/c1-12-16(30-13-4-8-24-17(23)15(13)21)18-25-11-26-29(18)19(27-12)28-9-6-20(7-10-28)5-2-3-14(20)22/h4,8,11,14H,2-3,5-7,9-10,22H2,1H3,(H2,23,24). The number of aromatic nitrogens is 5. The Labute approximate surface area is 184 Å². The summed E-state index contributed by atoms with van der Waals surface area (Å²) < 4.78 is 1.83. The van der Waals surface area contributed by atoms with E-state index in [9.17, 15) is 0 Å². The van der Waals surface area contributed by atoms with Crippen molar-refractivity contribution < 1.29 is 0 Å². The molecule has 4 heterocycles. The predicted octanol–water partition coefficient (Wildman–Crippen LogP) is 3.31. The molecule has 8 nitrogen and oxygen atoms in total. The van der Waals surface area contributed by atoms with Crippen LogP contribution in [0.5, 0.6) is 0 Å². The highest BCUT2D eigenvalue weighted by Crippen LogP contribution is 2.46. The van der Waals surface area contributed by atoms with E-state index in [-0.39, 0.29) is 0 Å². The number of piperidine rings is 1. The van der Waals surface area contributed by atoms with E-state index >= 15 is 0 Å². The van der Waals surface area contributed by atoms with Crippen molar-refractivity contribution in [1.82, 2.24) is 24.6 Å². The van der Waals surface area contributed by atoms with Crippen LogP contribution in [0.15, 0.2) is 28.4 Å². The van der Waals surface area contributed by atoms with Crippen molar-refractivity contribution in [2.75, 3.05) is 23.7 Å². The van der Waals surface area contributed by atoms with Crippen molar-refractivity contribution in [3.8, 4) is 0 Å². The van der Waals surface area contributed by atoms with E-state index in [1.807, 2.05) is 17.5 Å². The summed E-state index contributed by atoms with van der Waals surface area (Å²) in [5, 5.41) is 4.92. The van der Waals surface area contributed by atoms with Gasteiger partial charge < -0.3 is 16.4 Å². The van der Waals surface area contributed by atoms with Crippen molar-refractivity contribution in [2.45, 2.75) is 54.9 Å². The number of nitrogen functional groups attached to an aromatic ring is 1. The van der Waals surface area contributed by atoms with Gasteiger partial charge in [-0.2, -0.15) is 9.61 Å². The van der Waals surface area contributed by atoms with Crippen molar-refractivity contribution in [3.05, 3.63) is 29.3 Å². The average molecular weight is 445 g/mol. The molecule has 4 N–H and O–H groups in total. The van der Waals surface area contributed by atoms with Gasteiger partial charge in [0.1, 0.15) is 12.1 Å². The molecule has 1 unspecified atom stereocenters. The number of halogens is 1. The molecule has 1 saturated carbocycles.